The summed E-state index contributed by atoms with van der Waals surface area (Å²) in [5.74, 6) is 1.64. The number of para-hydroxylation sites is 1. The minimum absolute atomic E-state index is 0.00483. The highest BCUT2D eigenvalue weighted by atomic mass is 32.1. The number of fused-ring (bicyclic) bond motifs is 1. The number of methoxy groups -OCH3 is 1. The topological polar surface area (TPSA) is 65.9 Å². The molecule has 1 amide bonds. The van der Waals surface area contributed by atoms with E-state index < -0.39 is 0 Å². The van der Waals surface area contributed by atoms with Crippen LogP contribution in [-0.2, 0) is 13.1 Å². The number of aliphatic hydroxyl groups excluding tert-OH is 1. The zero-order valence-corrected chi connectivity index (χ0v) is 21.5. The predicted octanol–water partition coefficient (Wildman–Crippen LogP) is 5.42. The maximum atomic E-state index is 13.6. The highest BCUT2D eigenvalue weighted by Gasteiger charge is 2.25. The summed E-state index contributed by atoms with van der Waals surface area (Å²) in [6.45, 7) is 4.34. The van der Waals surface area contributed by atoms with Gasteiger partial charge < -0.3 is 19.6 Å². The zero-order valence-electron chi connectivity index (χ0n) is 20.7. The molecule has 1 fully saturated rings. The van der Waals surface area contributed by atoms with E-state index in [9.17, 15) is 9.90 Å². The Morgan fingerprint density at radius 1 is 1.17 bits per heavy atom. The average Bonchev–Trinajstić information content (AvgIpc) is 3.43. The molecule has 36 heavy (non-hydrogen) atoms. The molecule has 5 rings (SSSR count). The Hall–Kier alpha value is -3.42. The molecule has 2 aromatic heterocycles. The van der Waals surface area contributed by atoms with Crippen molar-refractivity contribution < 1.29 is 14.6 Å². The van der Waals surface area contributed by atoms with E-state index in [-0.39, 0.29) is 12.0 Å². The van der Waals surface area contributed by atoms with Crippen molar-refractivity contribution >= 4 is 34.0 Å². The zero-order chi connectivity index (χ0) is 25.1. The van der Waals surface area contributed by atoms with Gasteiger partial charge in [-0.25, -0.2) is 4.98 Å². The van der Waals surface area contributed by atoms with E-state index in [1.54, 1.807) is 7.11 Å². The van der Waals surface area contributed by atoms with Gasteiger partial charge >= 0.3 is 0 Å². The smallest absolute Gasteiger partial charge is 0.264 e. The van der Waals surface area contributed by atoms with Crippen LogP contribution >= 0.6 is 11.3 Å². The Bertz CT molecular complexity index is 1340. The van der Waals surface area contributed by atoms with Crippen LogP contribution < -0.4 is 9.64 Å². The molecule has 0 spiro atoms. The van der Waals surface area contributed by atoms with Gasteiger partial charge in [0.2, 0.25) is 0 Å². The van der Waals surface area contributed by atoms with Gasteiger partial charge in [0.25, 0.3) is 5.91 Å². The molecule has 4 aromatic rings. The van der Waals surface area contributed by atoms with E-state index in [4.69, 9.17) is 9.72 Å². The van der Waals surface area contributed by atoms with Crippen LogP contribution in [0.3, 0.4) is 0 Å². The number of hydrogen-bond donors (Lipinski definition) is 1. The standard InChI is InChI=1S/C29H31N3O3S/c1-20-6-3-7-22-16-23(28(30-27(20)22)31-14-4-8-24(33)19-31)18-32(29(34)26-9-5-15-36-26)17-21-10-12-25(35-2)13-11-21/h3,5-7,9-13,15-16,24,33H,4,8,14,17-19H2,1-2H3/t24-/m1/s1. The molecule has 6 nitrogen and oxygen atoms in total. The number of pyridine rings is 1. The molecule has 3 heterocycles. The van der Waals surface area contributed by atoms with Crippen molar-refractivity contribution in [2.45, 2.75) is 39.0 Å². The van der Waals surface area contributed by atoms with Crippen LogP contribution in [0.25, 0.3) is 10.9 Å². The minimum atomic E-state index is -0.371. The molecule has 2 aromatic carbocycles. The number of thiophene rings is 1. The summed E-state index contributed by atoms with van der Waals surface area (Å²) in [6.07, 6.45) is 1.35. The third-order valence-electron chi connectivity index (χ3n) is 6.71. The normalized spacial score (nSPS) is 15.8. The van der Waals surface area contributed by atoms with Crippen LogP contribution in [0.15, 0.2) is 66.0 Å². The van der Waals surface area contributed by atoms with Gasteiger partial charge in [0.1, 0.15) is 11.6 Å². The van der Waals surface area contributed by atoms with Gasteiger partial charge in [-0.1, -0.05) is 36.4 Å². The van der Waals surface area contributed by atoms with E-state index in [1.807, 2.05) is 52.7 Å². The second-order valence-electron chi connectivity index (χ2n) is 9.35. The van der Waals surface area contributed by atoms with Gasteiger partial charge in [-0.15, -0.1) is 11.3 Å². The number of aromatic nitrogens is 1. The van der Waals surface area contributed by atoms with Crippen molar-refractivity contribution in [1.82, 2.24) is 9.88 Å². The summed E-state index contributed by atoms with van der Waals surface area (Å²) in [6, 6.07) is 20.0. The van der Waals surface area contributed by atoms with E-state index >= 15 is 0 Å². The molecule has 186 valence electrons. The van der Waals surface area contributed by atoms with Crippen LogP contribution in [0.1, 0.15) is 39.2 Å². The van der Waals surface area contributed by atoms with E-state index in [0.717, 1.165) is 58.5 Å². The molecule has 0 bridgehead atoms. The number of carbonyl (C=O) groups is 1. The SMILES string of the molecule is COc1ccc(CN(Cc2cc3cccc(C)c3nc2N2CCC[C@@H](O)C2)C(=O)c2cccs2)cc1. The van der Waals surface area contributed by atoms with Gasteiger partial charge in [-0.2, -0.15) is 0 Å². The summed E-state index contributed by atoms with van der Waals surface area (Å²) < 4.78 is 5.31. The summed E-state index contributed by atoms with van der Waals surface area (Å²) in [4.78, 5) is 23.5. The van der Waals surface area contributed by atoms with Crippen LogP contribution in [0.4, 0.5) is 5.82 Å². The van der Waals surface area contributed by atoms with Crippen LogP contribution in [0.2, 0.25) is 0 Å². The second kappa shape index (κ2) is 10.7. The highest BCUT2D eigenvalue weighted by Crippen LogP contribution is 2.30. The minimum Gasteiger partial charge on any atom is -0.497 e. The van der Waals surface area contributed by atoms with Gasteiger partial charge in [-0.3, -0.25) is 4.79 Å². The Morgan fingerprint density at radius 2 is 2.00 bits per heavy atom. The summed E-state index contributed by atoms with van der Waals surface area (Å²) in [5, 5.41) is 13.4. The van der Waals surface area contributed by atoms with Crippen molar-refractivity contribution in [3.05, 3.63) is 87.6 Å². The van der Waals surface area contributed by atoms with Crippen molar-refractivity contribution in [2.24, 2.45) is 0 Å². The second-order valence-corrected chi connectivity index (χ2v) is 10.3. The van der Waals surface area contributed by atoms with E-state index in [0.29, 0.717) is 24.5 Å². The quantitative estimate of drug-likeness (QED) is 0.366. The molecule has 1 saturated heterocycles. The van der Waals surface area contributed by atoms with Crippen molar-refractivity contribution in [3.63, 3.8) is 0 Å². The Kier molecular flexibility index (Phi) is 7.20. The molecule has 1 aliphatic heterocycles. The molecule has 0 aliphatic carbocycles. The fourth-order valence-electron chi connectivity index (χ4n) is 4.83. The fourth-order valence-corrected chi connectivity index (χ4v) is 5.52. The number of benzene rings is 2. The molecule has 0 saturated carbocycles. The Labute approximate surface area is 215 Å². The predicted molar refractivity (Wildman–Crippen MR) is 145 cm³/mol. The fraction of sp³-hybridized carbons (Fsp3) is 0.310. The van der Waals surface area contributed by atoms with E-state index in [2.05, 4.69) is 30.0 Å². The Balaban J connectivity index is 1.55. The summed E-state index contributed by atoms with van der Waals surface area (Å²) in [7, 11) is 1.65. The van der Waals surface area contributed by atoms with Gasteiger partial charge in [-0.05, 0) is 60.5 Å². The number of piperidine rings is 1. The summed E-state index contributed by atoms with van der Waals surface area (Å²) in [5.41, 5.74) is 4.09. The number of rotatable bonds is 7. The first kappa shape index (κ1) is 24.3. The molecule has 1 N–H and O–H groups in total. The lowest BCUT2D eigenvalue weighted by molar-refractivity contribution is 0.0735. The molecule has 7 heteroatoms. The number of carbonyl (C=O) groups excluding carboxylic acids is 1. The molecule has 0 unspecified atom stereocenters. The third-order valence-corrected chi connectivity index (χ3v) is 7.57. The lowest BCUT2D eigenvalue weighted by Crippen LogP contribution is -2.40. The number of ether oxygens (including phenoxy) is 1. The maximum absolute atomic E-state index is 13.6. The molecular formula is C29H31N3O3S. The third kappa shape index (κ3) is 5.22. The summed E-state index contributed by atoms with van der Waals surface area (Å²) >= 11 is 1.45. The number of amides is 1. The average molecular weight is 502 g/mol. The number of β-amino-alcohol motifs (C(OH)–C–C–N with tert-alkyl or cyclic N) is 1. The molecule has 1 atom stereocenters. The van der Waals surface area contributed by atoms with Gasteiger partial charge in [0.05, 0.1) is 30.2 Å². The first-order chi connectivity index (χ1) is 17.5. The van der Waals surface area contributed by atoms with Crippen molar-refractivity contribution in [1.29, 1.82) is 0 Å². The molecular weight excluding hydrogens is 470 g/mol. The lowest BCUT2D eigenvalue weighted by atomic mass is 10.0. The first-order valence-corrected chi connectivity index (χ1v) is 13.2. The van der Waals surface area contributed by atoms with Crippen LogP contribution in [0.5, 0.6) is 5.75 Å². The number of anilines is 1. The van der Waals surface area contributed by atoms with Gasteiger partial charge in [0.15, 0.2) is 0 Å². The van der Waals surface area contributed by atoms with Gasteiger partial charge in [0, 0.05) is 30.6 Å². The first-order valence-electron chi connectivity index (χ1n) is 12.3. The molecule has 1 aliphatic rings. The van der Waals surface area contributed by atoms with Crippen molar-refractivity contribution in [3.8, 4) is 5.75 Å². The highest BCUT2D eigenvalue weighted by molar-refractivity contribution is 7.12. The number of nitrogens with zero attached hydrogens (tertiary/aromatic N) is 3. The lowest BCUT2D eigenvalue weighted by Gasteiger charge is -2.33. The molecule has 0 radical (unpaired) electrons. The monoisotopic (exact) mass is 501 g/mol. The number of aliphatic hydroxyl groups is 1. The largest absolute Gasteiger partial charge is 0.497 e. The maximum Gasteiger partial charge on any atom is 0.264 e. The Morgan fingerprint density at radius 3 is 2.72 bits per heavy atom. The van der Waals surface area contributed by atoms with Crippen LogP contribution in [-0.4, -0.2) is 47.2 Å². The van der Waals surface area contributed by atoms with Crippen LogP contribution in [0, 0.1) is 6.92 Å². The van der Waals surface area contributed by atoms with E-state index in [1.165, 1.54) is 11.3 Å². The van der Waals surface area contributed by atoms with Crippen molar-refractivity contribution in [2.75, 3.05) is 25.1 Å². The number of aryl methyl sites for hydroxylation is 1. The number of hydrogen-bond acceptors (Lipinski definition) is 6.